The molecule has 0 spiro atoms. The molecule has 5 nitrogen and oxygen atoms in total. The maximum Gasteiger partial charge on any atom is 0.153 e. The summed E-state index contributed by atoms with van der Waals surface area (Å²) in [6.45, 7) is 0.115. The molecule has 0 saturated carbocycles. The number of benzene rings is 1. The Morgan fingerprint density at radius 2 is 2.05 bits per heavy atom. The standard InChI is InChI=1S/C13H11FN2O3/c14-11-3-1-9(2-4-11)13-10(8-17)7-16(15-13)6-5-12(18)19/h1-4,7-8H,5-6H2,(H,18,19)/p-1. The van der Waals surface area contributed by atoms with Crippen LogP contribution in [0.2, 0.25) is 0 Å². The van der Waals surface area contributed by atoms with E-state index in [1.807, 2.05) is 0 Å². The van der Waals surface area contributed by atoms with Crippen molar-refractivity contribution in [1.82, 2.24) is 9.78 Å². The summed E-state index contributed by atoms with van der Waals surface area (Å²) in [5.41, 5.74) is 1.31. The smallest absolute Gasteiger partial charge is 0.153 e. The van der Waals surface area contributed by atoms with E-state index in [2.05, 4.69) is 5.10 Å². The first-order valence-electron chi connectivity index (χ1n) is 5.58. The van der Waals surface area contributed by atoms with Crippen LogP contribution in [0.15, 0.2) is 30.5 Å². The van der Waals surface area contributed by atoms with E-state index >= 15 is 0 Å². The van der Waals surface area contributed by atoms with Gasteiger partial charge in [-0.3, -0.25) is 9.48 Å². The van der Waals surface area contributed by atoms with Crippen LogP contribution in [0.3, 0.4) is 0 Å². The van der Waals surface area contributed by atoms with Crippen LogP contribution in [0.5, 0.6) is 0 Å². The minimum atomic E-state index is -1.19. The number of hydrogen-bond acceptors (Lipinski definition) is 4. The summed E-state index contributed by atoms with van der Waals surface area (Å²) in [5, 5.41) is 14.5. The molecule has 1 aromatic heterocycles. The van der Waals surface area contributed by atoms with Crippen LogP contribution in [0.1, 0.15) is 16.8 Å². The van der Waals surface area contributed by atoms with Crippen LogP contribution >= 0.6 is 0 Å². The molecule has 1 aromatic carbocycles. The number of aldehydes is 1. The lowest BCUT2D eigenvalue weighted by molar-refractivity contribution is -0.306. The Balaban J connectivity index is 2.31. The van der Waals surface area contributed by atoms with E-state index in [0.717, 1.165) is 0 Å². The van der Waals surface area contributed by atoms with Crippen LogP contribution < -0.4 is 5.11 Å². The van der Waals surface area contributed by atoms with Gasteiger partial charge in [0.05, 0.1) is 5.56 Å². The number of rotatable bonds is 5. The fraction of sp³-hybridized carbons (Fsp3) is 0.154. The molecule has 0 bridgehead atoms. The van der Waals surface area contributed by atoms with Gasteiger partial charge < -0.3 is 9.90 Å². The second-order valence-electron chi connectivity index (χ2n) is 3.94. The van der Waals surface area contributed by atoms with Crippen LogP contribution in [0.4, 0.5) is 4.39 Å². The highest BCUT2D eigenvalue weighted by Crippen LogP contribution is 2.21. The van der Waals surface area contributed by atoms with Crippen molar-refractivity contribution in [3.63, 3.8) is 0 Å². The number of hydrogen-bond donors (Lipinski definition) is 0. The number of aromatic nitrogens is 2. The second-order valence-corrected chi connectivity index (χ2v) is 3.94. The molecule has 0 aliphatic carbocycles. The summed E-state index contributed by atoms with van der Waals surface area (Å²) in [7, 11) is 0. The van der Waals surface area contributed by atoms with Gasteiger partial charge in [0.25, 0.3) is 0 Å². The molecule has 0 radical (unpaired) electrons. The van der Waals surface area contributed by atoms with E-state index in [-0.39, 0.29) is 18.8 Å². The number of carboxylic acid groups (broad SMARTS) is 1. The van der Waals surface area contributed by atoms with Gasteiger partial charge in [0.2, 0.25) is 0 Å². The summed E-state index contributed by atoms with van der Waals surface area (Å²) in [6.07, 6.45) is 1.89. The van der Waals surface area contributed by atoms with Crippen molar-refractivity contribution in [3.8, 4) is 11.3 Å². The topological polar surface area (TPSA) is 75.0 Å². The predicted octanol–water partition coefficient (Wildman–Crippen LogP) is 0.642. The number of aryl methyl sites for hydroxylation is 1. The van der Waals surface area contributed by atoms with E-state index in [0.29, 0.717) is 23.1 Å². The van der Waals surface area contributed by atoms with Crippen LogP contribution in [0.25, 0.3) is 11.3 Å². The van der Waals surface area contributed by atoms with Gasteiger partial charge in [-0.25, -0.2) is 4.39 Å². The first-order chi connectivity index (χ1) is 9.10. The maximum absolute atomic E-state index is 12.8. The van der Waals surface area contributed by atoms with Gasteiger partial charge in [0.15, 0.2) is 6.29 Å². The number of aliphatic carboxylic acids is 1. The Morgan fingerprint density at radius 1 is 1.37 bits per heavy atom. The molecule has 98 valence electrons. The van der Waals surface area contributed by atoms with Crippen molar-refractivity contribution in [3.05, 3.63) is 41.8 Å². The minimum Gasteiger partial charge on any atom is -0.550 e. The lowest BCUT2D eigenvalue weighted by Crippen LogP contribution is -2.23. The number of nitrogens with zero attached hydrogens (tertiary/aromatic N) is 2. The summed E-state index contributed by atoms with van der Waals surface area (Å²) < 4.78 is 14.2. The average molecular weight is 261 g/mol. The highest BCUT2D eigenvalue weighted by molar-refractivity contribution is 5.85. The lowest BCUT2D eigenvalue weighted by atomic mass is 10.1. The normalized spacial score (nSPS) is 10.4. The first-order valence-corrected chi connectivity index (χ1v) is 5.58. The third-order valence-corrected chi connectivity index (χ3v) is 2.58. The van der Waals surface area contributed by atoms with Gasteiger partial charge >= 0.3 is 0 Å². The third kappa shape index (κ3) is 3.04. The zero-order valence-electron chi connectivity index (χ0n) is 9.88. The van der Waals surface area contributed by atoms with Crippen LogP contribution in [0, 0.1) is 5.82 Å². The molecule has 0 atom stereocenters. The number of carboxylic acids is 1. The van der Waals surface area contributed by atoms with Gasteiger partial charge in [-0.2, -0.15) is 5.10 Å². The molecule has 0 N–H and O–H groups in total. The summed E-state index contributed by atoms with van der Waals surface area (Å²) in [6, 6.07) is 5.55. The van der Waals surface area contributed by atoms with Gasteiger partial charge in [0.1, 0.15) is 11.5 Å². The van der Waals surface area contributed by atoms with E-state index < -0.39 is 5.97 Å². The molecule has 0 aliphatic rings. The van der Waals surface area contributed by atoms with Crippen LogP contribution in [-0.2, 0) is 11.3 Å². The second kappa shape index (κ2) is 5.43. The predicted molar refractivity (Wildman–Crippen MR) is 62.6 cm³/mol. The highest BCUT2D eigenvalue weighted by Gasteiger charge is 2.10. The molecular weight excluding hydrogens is 251 g/mol. The van der Waals surface area contributed by atoms with Crippen molar-refractivity contribution < 1.29 is 19.1 Å². The highest BCUT2D eigenvalue weighted by atomic mass is 19.1. The summed E-state index contributed by atoms with van der Waals surface area (Å²) >= 11 is 0. The van der Waals surface area contributed by atoms with Crippen molar-refractivity contribution in [1.29, 1.82) is 0 Å². The fourth-order valence-electron chi connectivity index (χ4n) is 1.68. The zero-order valence-corrected chi connectivity index (χ0v) is 9.88. The third-order valence-electron chi connectivity index (χ3n) is 2.58. The molecule has 2 rings (SSSR count). The first kappa shape index (κ1) is 12.9. The quantitative estimate of drug-likeness (QED) is 0.740. The minimum absolute atomic E-state index is 0.115. The molecule has 0 amide bonds. The van der Waals surface area contributed by atoms with E-state index in [9.17, 15) is 19.1 Å². The Hall–Kier alpha value is -2.50. The van der Waals surface area contributed by atoms with E-state index in [4.69, 9.17) is 0 Å². The molecule has 0 unspecified atom stereocenters. The fourth-order valence-corrected chi connectivity index (χ4v) is 1.68. The molecule has 0 aliphatic heterocycles. The Labute approximate surface area is 108 Å². The number of carbonyl (C=O) groups is 2. The largest absolute Gasteiger partial charge is 0.550 e. The van der Waals surface area contributed by atoms with E-state index in [1.54, 1.807) is 0 Å². The Kier molecular flexibility index (Phi) is 3.70. The van der Waals surface area contributed by atoms with Crippen molar-refractivity contribution in [2.24, 2.45) is 0 Å². The van der Waals surface area contributed by atoms with Gasteiger partial charge in [0, 0.05) is 30.7 Å². The average Bonchev–Trinajstić information content (AvgIpc) is 2.80. The molecular formula is C13H10FN2O3-. The van der Waals surface area contributed by atoms with Crippen molar-refractivity contribution in [2.45, 2.75) is 13.0 Å². The monoisotopic (exact) mass is 261 g/mol. The van der Waals surface area contributed by atoms with Crippen molar-refractivity contribution >= 4 is 12.3 Å². The Bertz CT molecular complexity index is 605. The van der Waals surface area contributed by atoms with Gasteiger partial charge in [-0.15, -0.1) is 0 Å². The molecule has 1 heterocycles. The molecule has 6 heteroatoms. The molecule has 2 aromatic rings. The Morgan fingerprint density at radius 3 is 2.63 bits per heavy atom. The zero-order chi connectivity index (χ0) is 13.8. The molecule has 19 heavy (non-hydrogen) atoms. The van der Waals surface area contributed by atoms with Crippen LogP contribution in [-0.4, -0.2) is 22.0 Å². The molecule has 0 fully saturated rings. The SMILES string of the molecule is O=Cc1cn(CCC(=O)[O-])nc1-c1ccc(F)cc1. The number of carbonyl (C=O) groups excluding carboxylic acids is 2. The van der Waals surface area contributed by atoms with E-state index in [1.165, 1.54) is 35.1 Å². The summed E-state index contributed by atoms with van der Waals surface area (Å²) in [5.74, 6) is -1.57. The van der Waals surface area contributed by atoms with Gasteiger partial charge in [-0.05, 0) is 24.3 Å². The molecule has 0 saturated heterocycles. The summed E-state index contributed by atoms with van der Waals surface area (Å²) in [4.78, 5) is 21.3. The van der Waals surface area contributed by atoms with Gasteiger partial charge in [-0.1, -0.05) is 0 Å². The maximum atomic E-state index is 12.8. The lowest BCUT2D eigenvalue weighted by Gasteiger charge is -2.02. The van der Waals surface area contributed by atoms with Crippen molar-refractivity contribution in [2.75, 3.05) is 0 Å². The number of halogens is 1.